The summed E-state index contributed by atoms with van der Waals surface area (Å²) in [5.41, 5.74) is 6.54. The lowest BCUT2D eigenvalue weighted by molar-refractivity contribution is 0.940. The van der Waals surface area contributed by atoms with Crippen molar-refractivity contribution in [2.75, 3.05) is 0 Å². The van der Waals surface area contributed by atoms with Crippen molar-refractivity contribution in [2.45, 2.75) is 20.8 Å². The molecule has 18 heavy (non-hydrogen) atoms. The van der Waals surface area contributed by atoms with Crippen molar-refractivity contribution in [2.24, 2.45) is 0 Å². The molecule has 90 valence electrons. The van der Waals surface area contributed by atoms with Crippen LogP contribution in [0.2, 0.25) is 0 Å². The lowest BCUT2D eigenvalue weighted by Gasteiger charge is -2.06. The van der Waals surface area contributed by atoms with E-state index in [4.69, 9.17) is 0 Å². The lowest BCUT2D eigenvalue weighted by atomic mass is 10.0. The summed E-state index contributed by atoms with van der Waals surface area (Å²) < 4.78 is 1.84. The summed E-state index contributed by atoms with van der Waals surface area (Å²) in [6.45, 7) is 6.19. The van der Waals surface area contributed by atoms with Crippen LogP contribution in [0.3, 0.4) is 0 Å². The van der Waals surface area contributed by atoms with Crippen LogP contribution in [0.25, 0.3) is 16.9 Å². The van der Waals surface area contributed by atoms with Gasteiger partial charge in [0.15, 0.2) is 5.65 Å². The third-order valence-corrected chi connectivity index (χ3v) is 3.11. The van der Waals surface area contributed by atoms with Crippen molar-refractivity contribution >= 4 is 5.65 Å². The maximum absolute atomic E-state index is 4.62. The lowest BCUT2D eigenvalue weighted by Crippen LogP contribution is -1.95. The van der Waals surface area contributed by atoms with E-state index in [2.05, 4.69) is 42.1 Å². The second-order valence-electron chi connectivity index (χ2n) is 4.72. The number of imidazole rings is 1. The average molecular weight is 237 g/mol. The van der Waals surface area contributed by atoms with Crippen molar-refractivity contribution in [1.82, 2.24) is 14.6 Å². The van der Waals surface area contributed by atoms with Crippen LogP contribution in [0.1, 0.15) is 16.8 Å². The van der Waals surface area contributed by atoms with Crippen LogP contribution in [0.15, 0.2) is 36.5 Å². The Morgan fingerprint density at radius 1 is 1.00 bits per heavy atom. The predicted molar refractivity (Wildman–Crippen MR) is 72.6 cm³/mol. The summed E-state index contributed by atoms with van der Waals surface area (Å²) in [4.78, 5) is 4.39. The van der Waals surface area contributed by atoms with Gasteiger partial charge in [-0.1, -0.05) is 17.7 Å². The van der Waals surface area contributed by atoms with Crippen molar-refractivity contribution in [3.05, 3.63) is 53.3 Å². The van der Waals surface area contributed by atoms with Crippen molar-refractivity contribution in [1.29, 1.82) is 0 Å². The SMILES string of the molecule is Cc1ccc(C)c(-c2ccc3nc(C)cn3n2)c1. The topological polar surface area (TPSA) is 30.2 Å². The van der Waals surface area contributed by atoms with Crippen LogP contribution in [0.4, 0.5) is 0 Å². The van der Waals surface area contributed by atoms with Gasteiger partial charge in [0, 0.05) is 5.56 Å². The van der Waals surface area contributed by atoms with Gasteiger partial charge in [-0.25, -0.2) is 9.50 Å². The highest BCUT2D eigenvalue weighted by Gasteiger charge is 2.06. The molecule has 2 aromatic heterocycles. The monoisotopic (exact) mass is 237 g/mol. The van der Waals surface area contributed by atoms with Gasteiger partial charge in [0.05, 0.1) is 17.6 Å². The number of hydrogen-bond acceptors (Lipinski definition) is 2. The minimum Gasteiger partial charge on any atom is -0.232 e. The summed E-state index contributed by atoms with van der Waals surface area (Å²) in [7, 11) is 0. The molecule has 0 aliphatic carbocycles. The zero-order valence-corrected chi connectivity index (χ0v) is 10.8. The van der Waals surface area contributed by atoms with Crippen molar-refractivity contribution in [3.8, 4) is 11.3 Å². The first-order valence-corrected chi connectivity index (χ1v) is 6.04. The van der Waals surface area contributed by atoms with E-state index in [1.54, 1.807) is 0 Å². The Morgan fingerprint density at radius 3 is 2.67 bits per heavy atom. The maximum Gasteiger partial charge on any atom is 0.153 e. The zero-order chi connectivity index (χ0) is 12.7. The largest absolute Gasteiger partial charge is 0.232 e. The Labute approximate surface area is 106 Å². The van der Waals surface area contributed by atoms with E-state index in [-0.39, 0.29) is 0 Å². The summed E-state index contributed by atoms with van der Waals surface area (Å²) >= 11 is 0. The summed E-state index contributed by atoms with van der Waals surface area (Å²) in [5.74, 6) is 0. The van der Waals surface area contributed by atoms with E-state index < -0.39 is 0 Å². The van der Waals surface area contributed by atoms with Crippen LogP contribution in [0.5, 0.6) is 0 Å². The van der Waals surface area contributed by atoms with E-state index in [1.165, 1.54) is 16.7 Å². The molecule has 3 nitrogen and oxygen atoms in total. The highest BCUT2D eigenvalue weighted by molar-refractivity contribution is 5.65. The quantitative estimate of drug-likeness (QED) is 0.650. The Kier molecular flexibility index (Phi) is 2.40. The molecule has 0 saturated heterocycles. The van der Waals surface area contributed by atoms with Crippen LogP contribution >= 0.6 is 0 Å². The van der Waals surface area contributed by atoms with Crippen molar-refractivity contribution in [3.63, 3.8) is 0 Å². The van der Waals surface area contributed by atoms with E-state index in [0.29, 0.717) is 0 Å². The Morgan fingerprint density at radius 2 is 1.83 bits per heavy atom. The number of aromatic nitrogens is 3. The molecule has 0 aliphatic heterocycles. The summed E-state index contributed by atoms with van der Waals surface area (Å²) in [6, 6.07) is 10.5. The molecule has 1 aromatic carbocycles. The molecule has 3 aromatic rings. The predicted octanol–water partition coefficient (Wildman–Crippen LogP) is 3.32. The molecular weight excluding hydrogens is 222 g/mol. The minimum atomic E-state index is 0.890. The van der Waals surface area contributed by atoms with Gasteiger partial charge in [0.1, 0.15) is 0 Å². The standard InChI is InChI=1S/C15H15N3/c1-10-4-5-11(2)13(8-10)14-6-7-15-16-12(3)9-18(15)17-14/h4-9H,1-3H3. The number of rotatable bonds is 1. The summed E-state index contributed by atoms with van der Waals surface area (Å²) in [5, 5.41) is 4.62. The fourth-order valence-corrected chi connectivity index (χ4v) is 2.16. The van der Waals surface area contributed by atoms with Gasteiger partial charge in [0.25, 0.3) is 0 Å². The molecule has 3 rings (SSSR count). The highest BCUT2D eigenvalue weighted by atomic mass is 15.2. The second kappa shape index (κ2) is 3.95. The highest BCUT2D eigenvalue weighted by Crippen LogP contribution is 2.22. The molecule has 0 atom stereocenters. The van der Waals surface area contributed by atoms with Crippen LogP contribution < -0.4 is 0 Å². The Bertz CT molecular complexity index is 726. The molecular formula is C15H15N3. The van der Waals surface area contributed by atoms with Gasteiger partial charge in [-0.2, -0.15) is 5.10 Å². The number of nitrogens with zero attached hydrogens (tertiary/aromatic N) is 3. The molecule has 0 aliphatic rings. The van der Waals surface area contributed by atoms with Gasteiger partial charge >= 0.3 is 0 Å². The van der Waals surface area contributed by atoms with Crippen LogP contribution in [-0.4, -0.2) is 14.6 Å². The maximum atomic E-state index is 4.62. The molecule has 0 spiro atoms. The van der Waals surface area contributed by atoms with Gasteiger partial charge < -0.3 is 0 Å². The molecule has 0 bridgehead atoms. The summed E-state index contributed by atoms with van der Waals surface area (Å²) in [6.07, 6.45) is 1.95. The molecule has 0 N–H and O–H groups in total. The van der Waals surface area contributed by atoms with Gasteiger partial charge in [-0.15, -0.1) is 0 Å². The van der Waals surface area contributed by atoms with Crippen molar-refractivity contribution < 1.29 is 0 Å². The van der Waals surface area contributed by atoms with Gasteiger partial charge in [0.2, 0.25) is 0 Å². The molecule has 0 saturated carbocycles. The van der Waals surface area contributed by atoms with E-state index >= 15 is 0 Å². The molecule has 0 fully saturated rings. The molecule has 0 amide bonds. The smallest absolute Gasteiger partial charge is 0.153 e. The van der Waals surface area contributed by atoms with E-state index in [9.17, 15) is 0 Å². The third-order valence-electron chi connectivity index (χ3n) is 3.11. The third kappa shape index (κ3) is 1.78. The van der Waals surface area contributed by atoms with E-state index in [1.807, 2.05) is 29.8 Å². The molecule has 3 heteroatoms. The Hall–Kier alpha value is -2.16. The number of aryl methyl sites for hydroxylation is 3. The normalized spacial score (nSPS) is 11.1. The Balaban J connectivity index is 2.21. The number of benzene rings is 1. The molecule has 0 unspecified atom stereocenters. The van der Waals surface area contributed by atoms with Gasteiger partial charge in [-0.05, 0) is 44.5 Å². The zero-order valence-electron chi connectivity index (χ0n) is 10.8. The van der Waals surface area contributed by atoms with Crippen LogP contribution in [-0.2, 0) is 0 Å². The first-order chi connectivity index (χ1) is 8.63. The molecule has 0 radical (unpaired) electrons. The average Bonchev–Trinajstić information content (AvgIpc) is 2.71. The number of hydrogen-bond donors (Lipinski definition) is 0. The minimum absolute atomic E-state index is 0.890. The van der Waals surface area contributed by atoms with E-state index in [0.717, 1.165) is 17.0 Å². The molecule has 2 heterocycles. The number of fused-ring (bicyclic) bond motifs is 1. The fraction of sp³-hybridized carbons (Fsp3) is 0.200. The fourth-order valence-electron chi connectivity index (χ4n) is 2.16. The first-order valence-electron chi connectivity index (χ1n) is 6.04. The first kappa shape index (κ1) is 11.0. The van der Waals surface area contributed by atoms with Crippen LogP contribution in [0, 0.1) is 20.8 Å². The van der Waals surface area contributed by atoms with Gasteiger partial charge in [-0.3, -0.25) is 0 Å². The second-order valence-corrected chi connectivity index (χ2v) is 4.72.